The first-order valence-electron chi connectivity index (χ1n) is 11.4. The Morgan fingerprint density at radius 3 is 1.81 bits per heavy atom. The van der Waals surface area contributed by atoms with Gasteiger partial charge in [0.15, 0.2) is 0 Å². The summed E-state index contributed by atoms with van der Waals surface area (Å²) in [6, 6.07) is 0. The van der Waals surface area contributed by atoms with Crippen LogP contribution in [0.5, 0.6) is 0 Å². The summed E-state index contributed by atoms with van der Waals surface area (Å²) in [4.78, 5) is 10.9. The number of unbranched alkanes of at least 4 members (excludes halogenated alkanes) is 11. The normalized spacial score (nSPS) is 13.0. The van der Waals surface area contributed by atoms with Crippen molar-refractivity contribution in [1.82, 2.24) is 0 Å². The average molecular weight is 397 g/mol. The van der Waals surface area contributed by atoms with Crippen LogP contribution in [0.1, 0.15) is 110 Å². The van der Waals surface area contributed by atoms with Gasteiger partial charge in [0, 0.05) is 0 Å². The molecule has 0 aliphatic carbocycles. The predicted octanol–water partition coefficient (Wildman–Crippen LogP) is 8.18. The van der Waals surface area contributed by atoms with Crippen LogP contribution in [-0.2, 0) is 4.79 Å². The first-order chi connectivity index (χ1) is 13.2. The molecule has 0 fully saturated rings. The van der Waals surface area contributed by atoms with Crippen LogP contribution < -0.4 is 0 Å². The van der Waals surface area contributed by atoms with Crippen LogP contribution in [-0.4, -0.2) is 22.1 Å². The van der Waals surface area contributed by atoms with Gasteiger partial charge in [-0.3, -0.25) is 4.79 Å². The summed E-state index contributed by atoms with van der Waals surface area (Å²) in [6.45, 7) is 4.13. The van der Waals surface area contributed by atoms with E-state index in [-0.39, 0.29) is 5.25 Å². The smallest absolute Gasteiger partial charge is 0.316 e. The molecule has 0 aliphatic heterocycles. The number of aliphatic carboxylic acids is 1. The summed E-state index contributed by atoms with van der Waals surface area (Å²) in [5.41, 5.74) is 0. The van der Waals surface area contributed by atoms with Gasteiger partial charge in [-0.25, -0.2) is 0 Å². The molecule has 0 radical (unpaired) electrons. The second kappa shape index (κ2) is 21.6. The number of rotatable bonds is 20. The van der Waals surface area contributed by atoms with Crippen LogP contribution in [0.2, 0.25) is 0 Å². The van der Waals surface area contributed by atoms with Crippen LogP contribution in [0.25, 0.3) is 0 Å². The second-order valence-electron chi connectivity index (χ2n) is 7.37. The number of allylic oxidation sites excluding steroid dienone is 4. The van der Waals surface area contributed by atoms with E-state index in [0.717, 1.165) is 31.4 Å². The molecule has 0 aromatic rings. The van der Waals surface area contributed by atoms with Crippen molar-refractivity contribution < 1.29 is 9.90 Å². The van der Waals surface area contributed by atoms with Gasteiger partial charge in [-0.15, -0.1) is 11.8 Å². The van der Waals surface area contributed by atoms with E-state index in [9.17, 15) is 4.79 Å². The Kier molecular flexibility index (Phi) is 21.0. The van der Waals surface area contributed by atoms with Crippen molar-refractivity contribution in [1.29, 1.82) is 0 Å². The van der Waals surface area contributed by atoms with Gasteiger partial charge in [-0.05, 0) is 44.3 Å². The van der Waals surface area contributed by atoms with Gasteiger partial charge in [0.05, 0.1) is 0 Å². The summed E-state index contributed by atoms with van der Waals surface area (Å²) >= 11 is 1.61. The fourth-order valence-corrected chi connectivity index (χ4v) is 4.13. The number of thioether (sulfide) groups is 1. The van der Waals surface area contributed by atoms with Gasteiger partial charge in [-0.1, -0.05) is 95.9 Å². The molecular weight excluding hydrogens is 352 g/mol. The lowest BCUT2D eigenvalue weighted by molar-refractivity contribution is -0.136. The Morgan fingerprint density at radius 2 is 1.30 bits per heavy atom. The zero-order chi connectivity index (χ0) is 20.0. The van der Waals surface area contributed by atoms with Crippen LogP contribution in [0, 0.1) is 0 Å². The van der Waals surface area contributed by atoms with Gasteiger partial charge in [0.2, 0.25) is 0 Å². The molecule has 0 amide bonds. The molecule has 1 N–H and O–H groups in total. The van der Waals surface area contributed by atoms with E-state index in [1.54, 1.807) is 11.8 Å². The molecule has 158 valence electrons. The molecular formula is C24H44O2S. The highest BCUT2D eigenvalue weighted by molar-refractivity contribution is 8.00. The highest BCUT2D eigenvalue weighted by Crippen LogP contribution is 2.18. The first kappa shape index (κ1) is 26.3. The molecule has 0 heterocycles. The van der Waals surface area contributed by atoms with Crippen LogP contribution >= 0.6 is 11.8 Å². The molecule has 0 unspecified atom stereocenters. The van der Waals surface area contributed by atoms with E-state index < -0.39 is 5.97 Å². The third-order valence-electron chi connectivity index (χ3n) is 4.82. The van der Waals surface area contributed by atoms with Gasteiger partial charge >= 0.3 is 5.97 Å². The number of hydrogen-bond donors (Lipinski definition) is 1. The molecule has 2 nitrogen and oxygen atoms in total. The van der Waals surface area contributed by atoms with Crippen molar-refractivity contribution in [3.63, 3.8) is 0 Å². The SMILES string of the molecule is CC/C=C\C/C=C\CCCCCCCCCCCCCS[C@@H](CC)C(=O)O. The fourth-order valence-electron chi connectivity index (χ4n) is 3.10. The Morgan fingerprint density at radius 1 is 0.778 bits per heavy atom. The molecule has 0 saturated carbocycles. The lowest BCUT2D eigenvalue weighted by atomic mass is 10.1. The molecule has 1 atom stereocenters. The predicted molar refractivity (Wildman–Crippen MR) is 123 cm³/mol. The minimum atomic E-state index is -0.654. The van der Waals surface area contributed by atoms with Crippen LogP contribution in [0.3, 0.4) is 0 Å². The summed E-state index contributed by atoms with van der Waals surface area (Å²) in [6.07, 6.45) is 28.0. The topological polar surface area (TPSA) is 37.3 Å². The summed E-state index contributed by atoms with van der Waals surface area (Å²) in [5, 5.41) is 8.79. The zero-order valence-electron chi connectivity index (χ0n) is 18.0. The van der Waals surface area contributed by atoms with Crippen LogP contribution in [0.15, 0.2) is 24.3 Å². The van der Waals surface area contributed by atoms with Gasteiger partial charge in [0.1, 0.15) is 5.25 Å². The highest BCUT2D eigenvalue weighted by Gasteiger charge is 2.14. The van der Waals surface area contributed by atoms with Crippen molar-refractivity contribution >= 4 is 17.7 Å². The van der Waals surface area contributed by atoms with E-state index in [1.165, 1.54) is 70.6 Å². The Balaban J connectivity index is 3.19. The van der Waals surface area contributed by atoms with Crippen molar-refractivity contribution in [3.8, 4) is 0 Å². The quantitative estimate of drug-likeness (QED) is 0.166. The number of carbonyl (C=O) groups is 1. The second-order valence-corrected chi connectivity index (χ2v) is 8.68. The Bertz CT molecular complexity index is 377. The van der Waals surface area contributed by atoms with Gasteiger partial charge in [0.25, 0.3) is 0 Å². The van der Waals surface area contributed by atoms with Crippen molar-refractivity contribution in [3.05, 3.63) is 24.3 Å². The van der Waals surface area contributed by atoms with Gasteiger partial charge < -0.3 is 5.11 Å². The van der Waals surface area contributed by atoms with Gasteiger partial charge in [-0.2, -0.15) is 0 Å². The maximum Gasteiger partial charge on any atom is 0.316 e. The van der Waals surface area contributed by atoms with Crippen molar-refractivity contribution in [2.45, 2.75) is 115 Å². The van der Waals surface area contributed by atoms with E-state index in [0.29, 0.717) is 0 Å². The highest BCUT2D eigenvalue weighted by atomic mass is 32.2. The average Bonchev–Trinajstić information content (AvgIpc) is 2.66. The lowest BCUT2D eigenvalue weighted by Gasteiger charge is -2.08. The standard InChI is InChI=1S/C24H44O2S/c1-3-5-6-7-8-9-10-11-12-13-14-15-16-17-18-19-20-21-22-27-23(4-2)24(25)26/h5-6,8-9,23H,3-4,7,10-22H2,1-2H3,(H,25,26)/b6-5-,9-8-/t23-/m0/s1. The summed E-state index contributed by atoms with van der Waals surface area (Å²) in [5.74, 6) is 0.342. The van der Waals surface area contributed by atoms with Crippen molar-refractivity contribution in [2.24, 2.45) is 0 Å². The largest absolute Gasteiger partial charge is 0.480 e. The first-order valence-corrected chi connectivity index (χ1v) is 12.4. The number of hydrogen-bond acceptors (Lipinski definition) is 2. The third kappa shape index (κ3) is 19.9. The molecule has 0 saturated heterocycles. The summed E-state index contributed by atoms with van der Waals surface area (Å²) in [7, 11) is 0. The fraction of sp³-hybridized carbons (Fsp3) is 0.792. The minimum Gasteiger partial charge on any atom is -0.480 e. The van der Waals surface area contributed by atoms with E-state index in [4.69, 9.17) is 5.11 Å². The van der Waals surface area contributed by atoms with E-state index >= 15 is 0 Å². The third-order valence-corrected chi connectivity index (χ3v) is 6.28. The molecule has 3 heteroatoms. The maximum atomic E-state index is 10.9. The molecule has 0 aromatic carbocycles. The minimum absolute atomic E-state index is 0.205. The molecule has 27 heavy (non-hydrogen) atoms. The molecule has 0 bridgehead atoms. The molecule has 0 spiro atoms. The van der Waals surface area contributed by atoms with Crippen molar-refractivity contribution in [2.75, 3.05) is 5.75 Å². The molecule has 0 rings (SSSR count). The molecule has 0 aromatic heterocycles. The number of carboxylic acid groups (broad SMARTS) is 1. The molecule has 0 aliphatic rings. The van der Waals surface area contributed by atoms with E-state index in [1.807, 2.05) is 6.92 Å². The number of carboxylic acids is 1. The van der Waals surface area contributed by atoms with E-state index in [2.05, 4.69) is 31.2 Å². The Hall–Kier alpha value is -0.700. The van der Waals surface area contributed by atoms with Crippen LogP contribution in [0.4, 0.5) is 0 Å². The lowest BCUT2D eigenvalue weighted by Crippen LogP contribution is -2.15. The monoisotopic (exact) mass is 396 g/mol. The summed E-state index contributed by atoms with van der Waals surface area (Å²) < 4.78 is 0. The Labute approximate surface area is 173 Å². The maximum absolute atomic E-state index is 10.9. The zero-order valence-corrected chi connectivity index (χ0v) is 18.8.